The summed E-state index contributed by atoms with van der Waals surface area (Å²) in [6, 6.07) is 0.0577. The zero-order valence-electron chi connectivity index (χ0n) is 8.70. The zero-order valence-corrected chi connectivity index (χ0v) is 10.3. The van der Waals surface area contributed by atoms with Gasteiger partial charge in [0.2, 0.25) is 0 Å². The molecular formula is C7H14ClN5O2S. The first-order valence-electron chi connectivity index (χ1n) is 4.61. The summed E-state index contributed by atoms with van der Waals surface area (Å²) in [5, 5.41) is 7.17. The summed E-state index contributed by atoms with van der Waals surface area (Å²) in [7, 11) is -1.96. The van der Waals surface area contributed by atoms with Crippen LogP contribution in [0.15, 0.2) is 11.2 Å². The van der Waals surface area contributed by atoms with E-state index in [1.165, 1.54) is 17.9 Å². The van der Waals surface area contributed by atoms with Crippen LogP contribution in [0, 0.1) is 0 Å². The highest BCUT2D eigenvalue weighted by Gasteiger charge is 2.31. The van der Waals surface area contributed by atoms with E-state index in [-0.39, 0.29) is 29.5 Å². The van der Waals surface area contributed by atoms with Crippen molar-refractivity contribution < 1.29 is 8.42 Å². The van der Waals surface area contributed by atoms with Crippen LogP contribution in [0.4, 0.5) is 0 Å². The van der Waals surface area contributed by atoms with Gasteiger partial charge in [-0.05, 0) is 12.8 Å². The van der Waals surface area contributed by atoms with Crippen molar-refractivity contribution in [2.24, 2.45) is 12.8 Å². The minimum absolute atomic E-state index is 0. The Morgan fingerprint density at radius 3 is 2.62 bits per heavy atom. The number of rotatable bonds is 3. The molecule has 2 rings (SSSR count). The van der Waals surface area contributed by atoms with Gasteiger partial charge in [0, 0.05) is 19.1 Å². The fourth-order valence-corrected chi connectivity index (χ4v) is 2.88. The normalized spacial score (nSPS) is 24.6. The molecule has 1 aliphatic rings. The molecule has 0 aliphatic heterocycles. The van der Waals surface area contributed by atoms with Gasteiger partial charge in [-0.15, -0.1) is 17.5 Å². The second-order valence-electron chi connectivity index (χ2n) is 3.75. The molecule has 0 bridgehead atoms. The predicted molar refractivity (Wildman–Crippen MR) is 59.6 cm³/mol. The Balaban J connectivity index is 0.00000128. The van der Waals surface area contributed by atoms with Crippen molar-refractivity contribution in [2.45, 2.75) is 30.0 Å². The van der Waals surface area contributed by atoms with Crippen LogP contribution in [0.5, 0.6) is 0 Å². The van der Waals surface area contributed by atoms with E-state index in [2.05, 4.69) is 15.0 Å². The number of nitrogens with two attached hydrogens (primary N) is 1. The lowest BCUT2D eigenvalue weighted by atomic mass is 9.89. The third-order valence-corrected chi connectivity index (χ3v) is 4.01. The van der Waals surface area contributed by atoms with Crippen molar-refractivity contribution in [2.75, 3.05) is 0 Å². The Labute approximate surface area is 99.8 Å². The molecule has 1 fully saturated rings. The smallest absolute Gasteiger partial charge is 0.259 e. The maximum Gasteiger partial charge on any atom is 0.259 e. The van der Waals surface area contributed by atoms with Gasteiger partial charge in [-0.25, -0.2) is 17.8 Å². The van der Waals surface area contributed by atoms with Crippen LogP contribution in [0.3, 0.4) is 0 Å². The highest BCUT2D eigenvalue weighted by molar-refractivity contribution is 7.89. The van der Waals surface area contributed by atoms with Crippen LogP contribution in [0.1, 0.15) is 12.8 Å². The van der Waals surface area contributed by atoms with Crippen molar-refractivity contribution in [3.05, 3.63) is 6.20 Å². The van der Waals surface area contributed by atoms with Gasteiger partial charge >= 0.3 is 0 Å². The molecule has 0 unspecified atom stereocenters. The van der Waals surface area contributed by atoms with E-state index in [4.69, 9.17) is 5.73 Å². The van der Waals surface area contributed by atoms with Gasteiger partial charge in [0.25, 0.3) is 10.0 Å². The maximum absolute atomic E-state index is 11.8. The molecule has 1 heterocycles. The Morgan fingerprint density at radius 1 is 1.56 bits per heavy atom. The Morgan fingerprint density at radius 2 is 2.19 bits per heavy atom. The van der Waals surface area contributed by atoms with Crippen LogP contribution in [0.25, 0.3) is 0 Å². The summed E-state index contributed by atoms with van der Waals surface area (Å²) >= 11 is 0. The summed E-state index contributed by atoms with van der Waals surface area (Å²) in [5.41, 5.74) is 5.57. The summed E-state index contributed by atoms with van der Waals surface area (Å²) in [6.07, 6.45) is 2.59. The molecule has 0 atom stereocenters. The molecule has 1 saturated carbocycles. The first-order chi connectivity index (χ1) is 6.99. The number of halogens is 1. The van der Waals surface area contributed by atoms with Crippen LogP contribution < -0.4 is 10.5 Å². The quantitative estimate of drug-likeness (QED) is 0.732. The van der Waals surface area contributed by atoms with Crippen molar-refractivity contribution in [1.82, 2.24) is 19.7 Å². The highest BCUT2D eigenvalue weighted by atomic mass is 35.5. The van der Waals surface area contributed by atoms with Crippen LogP contribution >= 0.6 is 12.4 Å². The van der Waals surface area contributed by atoms with E-state index in [1.54, 1.807) is 0 Å². The van der Waals surface area contributed by atoms with Gasteiger partial charge in [-0.2, -0.15) is 0 Å². The fourth-order valence-electron chi connectivity index (χ4n) is 1.56. The largest absolute Gasteiger partial charge is 0.328 e. The Bertz CT molecular complexity index is 453. The van der Waals surface area contributed by atoms with Crippen LogP contribution in [-0.4, -0.2) is 35.5 Å². The van der Waals surface area contributed by atoms with Gasteiger partial charge in [0.05, 0.1) is 6.20 Å². The molecule has 1 aromatic heterocycles. The van der Waals surface area contributed by atoms with Gasteiger partial charge in [-0.3, -0.25) is 0 Å². The summed E-state index contributed by atoms with van der Waals surface area (Å²) in [4.78, 5) is 0. The molecule has 0 aromatic carbocycles. The second-order valence-corrected chi connectivity index (χ2v) is 5.41. The van der Waals surface area contributed by atoms with E-state index in [1.807, 2.05) is 0 Å². The van der Waals surface area contributed by atoms with Crippen LogP contribution in [0.2, 0.25) is 0 Å². The van der Waals surface area contributed by atoms with Crippen molar-refractivity contribution in [3.63, 3.8) is 0 Å². The molecule has 1 aromatic rings. The van der Waals surface area contributed by atoms with Crippen LogP contribution in [-0.2, 0) is 17.1 Å². The lowest BCUT2D eigenvalue weighted by Gasteiger charge is -2.32. The van der Waals surface area contributed by atoms with Gasteiger partial charge in [0.1, 0.15) is 0 Å². The molecule has 16 heavy (non-hydrogen) atoms. The molecule has 9 heteroatoms. The molecule has 0 saturated heterocycles. The lowest BCUT2D eigenvalue weighted by Crippen LogP contribution is -2.50. The fraction of sp³-hybridized carbons (Fsp3) is 0.714. The van der Waals surface area contributed by atoms with Crippen molar-refractivity contribution in [3.8, 4) is 0 Å². The minimum atomic E-state index is -3.50. The maximum atomic E-state index is 11.8. The standard InChI is InChI=1S/C7H13N5O2S.ClH/c1-12-7(4-9-11-12)15(13,14)10-6-2-5(8)3-6;/h4-6,10H,2-3,8H2,1H3;1H. The first-order valence-corrected chi connectivity index (χ1v) is 6.10. The number of aromatic nitrogens is 3. The van der Waals surface area contributed by atoms with Gasteiger partial charge < -0.3 is 5.73 Å². The summed E-state index contributed by atoms with van der Waals surface area (Å²) < 4.78 is 27.3. The third-order valence-electron chi connectivity index (χ3n) is 2.44. The summed E-state index contributed by atoms with van der Waals surface area (Å²) in [5.74, 6) is 0. The minimum Gasteiger partial charge on any atom is -0.328 e. The van der Waals surface area contributed by atoms with Crippen molar-refractivity contribution in [1.29, 1.82) is 0 Å². The topological polar surface area (TPSA) is 103 Å². The predicted octanol–water partition coefficient (Wildman–Crippen LogP) is -0.995. The molecule has 3 N–H and O–H groups in total. The Hall–Kier alpha value is -0.700. The number of nitrogens with zero attached hydrogens (tertiary/aromatic N) is 3. The molecule has 7 nitrogen and oxygen atoms in total. The summed E-state index contributed by atoms with van der Waals surface area (Å²) in [6.45, 7) is 0. The number of nitrogens with one attached hydrogen (secondary N) is 1. The van der Waals surface area contributed by atoms with Crippen molar-refractivity contribution >= 4 is 22.4 Å². The van der Waals surface area contributed by atoms with E-state index in [9.17, 15) is 8.42 Å². The molecule has 0 radical (unpaired) electrons. The monoisotopic (exact) mass is 267 g/mol. The van der Waals surface area contributed by atoms with E-state index >= 15 is 0 Å². The number of hydrogen-bond donors (Lipinski definition) is 2. The van der Waals surface area contributed by atoms with E-state index in [0.29, 0.717) is 12.8 Å². The van der Waals surface area contributed by atoms with E-state index in [0.717, 1.165) is 0 Å². The average molecular weight is 268 g/mol. The molecule has 0 spiro atoms. The average Bonchev–Trinajstić information content (AvgIpc) is 2.48. The molecule has 0 amide bonds. The van der Waals surface area contributed by atoms with Gasteiger partial charge in [-0.1, -0.05) is 5.21 Å². The molecule has 1 aliphatic carbocycles. The van der Waals surface area contributed by atoms with E-state index < -0.39 is 10.0 Å². The SMILES string of the molecule is Cl.Cn1nncc1S(=O)(=O)NC1CC(N)C1. The lowest BCUT2D eigenvalue weighted by molar-refractivity contribution is 0.326. The number of sulfonamides is 1. The molecular weight excluding hydrogens is 254 g/mol. The zero-order chi connectivity index (χ0) is 11.1. The third kappa shape index (κ3) is 2.51. The van der Waals surface area contributed by atoms with Gasteiger partial charge in [0.15, 0.2) is 5.03 Å². The molecule has 92 valence electrons. The first kappa shape index (κ1) is 13.4. The second kappa shape index (κ2) is 4.66. The number of hydrogen-bond acceptors (Lipinski definition) is 5. The highest BCUT2D eigenvalue weighted by Crippen LogP contribution is 2.19. The number of aryl methyl sites for hydroxylation is 1. The Kier molecular flexibility index (Phi) is 3.89.